The third kappa shape index (κ3) is 6.41. The van der Waals surface area contributed by atoms with E-state index in [0.717, 1.165) is 32.1 Å². The molecule has 0 radical (unpaired) electrons. The van der Waals surface area contributed by atoms with Gasteiger partial charge >= 0.3 is 12.2 Å². The first-order chi connectivity index (χ1) is 15.1. The molecular formula is C21H29F3N6O2. The molecule has 0 aliphatic carbocycles. The van der Waals surface area contributed by atoms with Crippen LogP contribution >= 0.6 is 0 Å². The first kappa shape index (κ1) is 24.0. The first-order valence-electron chi connectivity index (χ1n) is 10.5. The standard InChI is InChI=1S/C21H29F3N6O2/c1-20(2,3)18-26-15(21(22,23)24)14-16(27-18)30-11-9-29(10-12-30)8-5-13-32-19-25-7-6-17(28-19)31-4/h6-7,14H,5,8-13H2,1-4H3. The van der Waals surface area contributed by atoms with Gasteiger partial charge in [0.25, 0.3) is 0 Å². The molecule has 2 aromatic rings. The molecule has 1 aliphatic heterocycles. The maximum absolute atomic E-state index is 13.4. The van der Waals surface area contributed by atoms with Crippen LogP contribution < -0.4 is 14.4 Å². The molecule has 1 aliphatic rings. The van der Waals surface area contributed by atoms with Gasteiger partial charge < -0.3 is 14.4 Å². The Kier molecular flexibility index (Phi) is 7.37. The van der Waals surface area contributed by atoms with Crippen molar-refractivity contribution in [2.75, 3.05) is 51.3 Å². The fourth-order valence-corrected chi connectivity index (χ4v) is 3.24. The van der Waals surface area contributed by atoms with E-state index in [-0.39, 0.29) is 11.8 Å². The maximum atomic E-state index is 13.4. The highest BCUT2D eigenvalue weighted by Gasteiger charge is 2.35. The van der Waals surface area contributed by atoms with Crippen LogP contribution in [0.15, 0.2) is 18.3 Å². The van der Waals surface area contributed by atoms with E-state index in [1.165, 1.54) is 7.11 Å². The Labute approximate surface area is 185 Å². The van der Waals surface area contributed by atoms with Gasteiger partial charge in [-0.1, -0.05) is 20.8 Å². The summed E-state index contributed by atoms with van der Waals surface area (Å²) >= 11 is 0. The van der Waals surface area contributed by atoms with Crippen LogP contribution in [0.4, 0.5) is 19.0 Å². The van der Waals surface area contributed by atoms with Gasteiger partial charge in [-0.05, 0) is 6.42 Å². The van der Waals surface area contributed by atoms with Crippen molar-refractivity contribution in [1.82, 2.24) is 24.8 Å². The molecule has 0 spiro atoms. The third-order valence-corrected chi connectivity index (χ3v) is 5.04. The van der Waals surface area contributed by atoms with Gasteiger partial charge in [-0.2, -0.15) is 18.2 Å². The summed E-state index contributed by atoms with van der Waals surface area (Å²) in [6.07, 6.45) is -2.16. The predicted octanol–water partition coefficient (Wildman–Crippen LogP) is 3.18. The molecule has 3 heterocycles. The highest BCUT2D eigenvalue weighted by Crippen LogP contribution is 2.32. The van der Waals surface area contributed by atoms with Crippen molar-refractivity contribution in [3.05, 3.63) is 29.8 Å². The van der Waals surface area contributed by atoms with Crippen molar-refractivity contribution in [2.24, 2.45) is 0 Å². The van der Waals surface area contributed by atoms with Crippen LogP contribution in [0, 0.1) is 0 Å². The summed E-state index contributed by atoms with van der Waals surface area (Å²) in [6, 6.07) is 2.96. The number of piperazine rings is 1. The molecule has 8 nitrogen and oxygen atoms in total. The van der Waals surface area contributed by atoms with Crippen molar-refractivity contribution in [3.8, 4) is 11.9 Å². The Morgan fingerprint density at radius 3 is 2.38 bits per heavy atom. The fraction of sp³-hybridized carbons (Fsp3) is 0.619. The molecule has 0 amide bonds. The molecule has 1 fully saturated rings. The lowest BCUT2D eigenvalue weighted by Gasteiger charge is -2.36. The van der Waals surface area contributed by atoms with Crippen molar-refractivity contribution in [3.63, 3.8) is 0 Å². The summed E-state index contributed by atoms with van der Waals surface area (Å²) in [7, 11) is 1.53. The molecule has 2 aromatic heterocycles. The normalized spacial score (nSPS) is 15.7. The zero-order valence-electron chi connectivity index (χ0n) is 18.8. The minimum atomic E-state index is -4.51. The van der Waals surface area contributed by atoms with Crippen LogP contribution in [0.2, 0.25) is 0 Å². The summed E-state index contributed by atoms with van der Waals surface area (Å²) in [5.41, 5.74) is -1.48. The largest absolute Gasteiger partial charge is 0.481 e. The number of hydrogen-bond donors (Lipinski definition) is 0. The van der Waals surface area contributed by atoms with E-state index in [9.17, 15) is 13.2 Å². The van der Waals surface area contributed by atoms with Gasteiger partial charge in [-0.15, -0.1) is 0 Å². The van der Waals surface area contributed by atoms with Crippen molar-refractivity contribution < 1.29 is 22.6 Å². The van der Waals surface area contributed by atoms with Gasteiger partial charge in [-0.3, -0.25) is 4.90 Å². The number of anilines is 1. The van der Waals surface area contributed by atoms with Crippen LogP contribution in [0.25, 0.3) is 0 Å². The lowest BCUT2D eigenvalue weighted by atomic mass is 9.95. The fourth-order valence-electron chi connectivity index (χ4n) is 3.24. The quantitative estimate of drug-likeness (QED) is 0.591. The Balaban J connectivity index is 1.53. The summed E-state index contributed by atoms with van der Waals surface area (Å²) in [6.45, 7) is 9.34. The molecule has 11 heteroatoms. The monoisotopic (exact) mass is 454 g/mol. The molecule has 0 atom stereocenters. The summed E-state index contributed by atoms with van der Waals surface area (Å²) in [4.78, 5) is 20.5. The smallest absolute Gasteiger partial charge is 0.433 e. The number of ether oxygens (including phenoxy) is 2. The van der Waals surface area contributed by atoms with Crippen molar-refractivity contribution in [1.29, 1.82) is 0 Å². The molecule has 3 rings (SSSR count). The Morgan fingerprint density at radius 1 is 1.03 bits per heavy atom. The summed E-state index contributed by atoms with van der Waals surface area (Å²) < 4.78 is 50.7. The Morgan fingerprint density at radius 2 is 1.75 bits per heavy atom. The topological polar surface area (TPSA) is 76.5 Å². The Hall–Kier alpha value is -2.69. The molecule has 176 valence electrons. The van der Waals surface area contributed by atoms with E-state index in [2.05, 4.69) is 24.8 Å². The Bertz CT molecular complexity index is 864. The molecule has 0 unspecified atom stereocenters. The number of aromatic nitrogens is 4. The van der Waals surface area contributed by atoms with Gasteiger partial charge in [0.1, 0.15) is 17.3 Å². The van der Waals surface area contributed by atoms with Crippen molar-refractivity contribution >= 4 is 5.82 Å². The number of nitrogens with zero attached hydrogens (tertiary/aromatic N) is 6. The number of hydrogen-bond acceptors (Lipinski definition) is 8. The van der Waals surface area contributed by atoms with E-state index in [4.69, 9.17) is 9.47 Å². The average Bonchev–Trinajstić information content (AvgIpc) is 2.76. The van der Waals surface area contributed by atoms with Gasteiger partial charge in [0.05, 0.1) is 13.7 Å². The summed E-state index contributed by atoms with van der Waals surface area (Å²) in [5, 5.41) is 0. The van der Waals surface area contributed by atoms with Gasteiger partial charge in [0, 0.05) is 56.5 Å². The second-order valence-electron chi connectivity index (χ2n) is 8.60. The lowest BCUT2D eigenvalue weighted by Crippen LogP contribution is -2.47. The highest BCUT2D eigenvalue weighted by molar-refractivity contribution is 5.42. The summed E-state index contributed by atoms with van der Waals surface area (Å²) in [5.74, 6) is 0.969. The van der Waals surface area contributed by atoms with E-state index in [0.29, 0.717) is 31.4 Å². The van der Waals surface area contributed by atoms with E-state index >= 15 is 0 Å². The molecule has 0 N–H and O–H groups in total. The first-order valence-corrected chi connectivity index (χ1v) is 10.5. The van der Waals surface area contributed by atoms with Gasteiger partial charge in [0.15, 0.2) is 0 Å². The van der Waals surface area contributed by atoms with Crippen LogP contribution in [-0.2, 0) is 11.6 Å². The van der Waals surface area contributed by atoms with Crippen LogP contribution in [0.1, 0.15) is 38.7 Å². The minimum Gasteiger partial charge on any atom is -0.481 e. The number of rotatable bonds is 7. The second kappa shape index (κ2) is 9.85. The predicted molar refractivity (Wildman–Crippen MR) is 113 cm³/mol. The van der Waals surface area contributed by atoms with Gasteiger partial charge in [0.2, 0.25) is 5.88 Å². The SMILES string of the molecule is COc1ccnc(OCCCN2CCN(c3cc(C(F)(F)F)nc(C(C)(C)C)n3)CC2)n1. The highest BCUT2D eigenvalue weighted by atomic mass is 19.4. The number of alkyl halides is 3. The van der Waals surface area contributed by atoms with Crippen LogP contribution in [0.5, 0.6) is 11.9 Å². The molecule has 0 aromatic carbocycles. The molecule has 0 saturated carbocycles. The van der Waals surface area contributed by atoms with E-state index in [1.807, 2.05) is 25.7 Å². The van der Waals surface area contributed by atoms with Crippen molar-refractivity contribution in [2.45, 2.75) is 38.8 Å². The zero-order chi connectivity index (χ0) is 23.4. The third-order valence-electron chi connectivity index (χ3n) is 5.04. The van der Waals surface area contributed by atoms with E-state index in [1.54, 1.807) is 12.3 Å². The molecular weight excluding hydrogens is 425 g/mol. The zero-order valence-corrected chi connectivity index (χ0v) is 18.8. The molecule has 1 saturated heterocycles. The average molecular weight is 454 g/mol. The lowest BCUT2D eigenvalue weighted by molar-refractivity contribution is -0.141. The molecule has 0 bridgehead atoms. The van der Waals surface area contributed by atoms with Crippen LogP contribution in [0.3, 0.4) is 0 Å². The molecule has 32 heavy (non-hydrogen) atoms. The van der Waals surface area contributed by atoms with Crippen LogP contribution in [-0.4, -0.2) is 71.3 Å². The minimum absolute atomic E-state index is 0.196. The number of halogens is 3. The second-order valence-corrected chi connectivity index (χ2v) is 8.60. The van der Waals surface area contributed by atoms with E-state index < -0.39 is 17.3 Å². The van der Waals surface area contributed by atoms with Gasteiger partial charge in [-0.25, -0.2) is 15.0 Å². The maximum Gasteiger partial charge on any atom is 0.433 e. The number of methoxy groups -OCH3 is 1.